The zero-order valence-electron chi connectivity index (χ0n) is 7.83. The van der Waals surface area contributed by atoms with Gasteiger partial charge in [0.05, 0.1) is 0 Å². The van der Waals surface area contributed by atoms with E-state index < -0.39 is 6.16 Å². The Morgan fingerprint density at radius 2 is 1.58 bits per heavy atom. The molecule has 0 aliphatic rings. The molecule has 5 heteroatoms. The summed E-state index contributed by atoms with van der Waals surface area (Å²) in [5, 5.41) is 13.9. The summed E-state index contributed by atoms with van der Waals surface area (Å²) < 4.78 is 10.0. The van der Waals surface area contributed by atoms with E-state index in [0.717, 1.165) is 6.42 Å². The lowest BCUT2D eigenvalue weighted by molar-refractivity contribution is -0.194. The van der Waals surface area contributed by atoms with Gasteiger partial charge in [0.15, 0.2) is 5.79 Å². The Hall–Kier alpha value is -0.810. The number of carbonyl (C=O) groups is 1. The average Bonchev–Trinajstić information content (AvgIpc) is 2.02. The predicted molar refractivity (Wildman–Crippen MR) is 43.4 cm³/mol. The first-order valence-electron chi connectivity index (χ1n) is 3.44. The Kier molecular flexibility index (Phi) is 7.88. The maximum atomic E-state index is 8.56. The molecule has 0 saturated heterocycles. The van der Waals surface area contributed by atoms with E-state index in [4.69, 9.17) is 24.5 Å². The number of rotatable bonds is 3. The Labute approximate surface area is 71.9 Å². The van der Waals surface area contributed by atoms with Gasteiger partial charge in [-0.25, -0.2) is 4.79 Å². The number of hydrogen-bond donors (Lipinski definition) is 2. The molecule has 0 amide bonds. The molecule has 0 rings (SSSR count). The lowest BCUT2D eigenvalue weighted by Gasteiger charge is -2.23. The van der Waals surface area contributed by atoms with E-state index in [1.807, 2.05) is 13.8 Å². The molecule has 74 valence electrons. The van der Waals surface area contributed by atoms with Gasteiger partial charge in [-0.15, -0.1) is 0 Å². The molecule has 0 unspecified atom stereocenters. The maximum Gasteiger partial charge on any atom is 0.503 e. The monoisotopic (exact) mass is 180 g/mol. The molecule has 0 aromatic heterocycles. The number of carboxylic acid groups (broad SMARTS) is 2. The fourth-order valence-electron chi connectivity index (χ4n) is 0.372. The van der Waals surface area contributed by atoms with Gasteiger partial charge in [0.2, 0.25) is 0 Å². The van der Waals surface area contributed by atoms with E-state index in [9.17, 15) is 0 Å². The van der Waals surface area contributed by atoms with Gasteiger partial charge in [0, 0.05) is 14.2 Å². The number of methoxy groups -OCH3 is 2. The van der Waals surface area contributed by atoms with Crippen molar-refractivity contribution in [3.05, 3.63) is 0 Å². The summed E-state index contributed by atoms with van der Waals surface area (Å²) in [6, 6.07) is 0. The Bertz CT molecular complexity index is 107. The maximum absolute atomic E-state index is 8.56. The van der Waals surface area contributed by atoms with Crippen LogP contribution in [0.2, 0.25) is 0 Å². The molecule has 12 heavy (non-hydrogen) atoms. The van der Waals surface area contributed by atoms with Crippen LogP contribution in [0.4, 0.5) is 4.79 Å². The van der Waals surface area contributed by atoms with Crippen molar-refractivity contribution in [3.63, 3.8) is 0 Å². The Morgan fingerprint density at radius 1 is 1.33 bits per heavy atom. The molecule has 0 bridgehead atoms. The molecule has 0 fully saturated rings. The van der Waals surface area contributed by atoms with Crippen molar-refractivity contribution in [2.75, 3.05) is 14.2 Å². The van der Waals surface area contributed by atoms with Gasteiger partial charge in [0.1, 0.15) is 0 Å². The molecule has 0 spiro atoms. The SMILES string of the molecule is CCC(C)(OC)OC.O=C(O)O. The predicted octanol–water partition coefficient (Wildman–Crippen LogP) is 1.63. The summed E-state index contributed by atoms with van der Waals surface area (Å²) in [7, 11) is 3.29. The molecule has 5 nitrogen and oxygen atoms in total. The van der Waals surface area contributed by atoms with E-state index in [1.165, 1.54) is 0 Å². The largest absolute Gasteiger partial charge is 0.503 e. The minimum absolute atomic E-state index is 0.375. The minimum Gasteiger partial charge on any atom is -0.450 e. The van der Waals surface area contributed by atoms with Crippen LogP contribution in [0.3, 0.4) is 0 Å². The third-order valence-corrected chi connectivity index (χ3v) is 1.51. The van der Waals surface area contributed by atoms with Gasteiger partial charge in [-0.05, 0) is 13.3 Å². The first-order chi connectivity index (χ1) is 5.41. The van der Waals surface area contributed by atoms with Crippen LogP contribution in [0, 0.1) is 0 Å². The summed E-state index contributed by atoms with van der Waals surface area (Å²) in [5.41, 5.74) is 0. The van der Waals surface area contributed by atoms with Crippen LogP contribution >= 0.6 is 0 Å². The molecule has 0 atom stereocenters. The highest BCUT2D eigenvalue weighted by Gasteiger charge is 2.18. The molecule has 0 heterocycles. The minimum atomic E-state index is -1.83. The van der Waals surface area contributed by atoms with Crippen LogP contribution in [-0.2, 0) is 9.47 Å². The molecule has 0 aromatic rings. The van der Waals surface area contributed by atoms with Crippen molar-refractivity contribution < 1.29 is 24.5 Å². The highest BCUT2D eigenvalue weighted by Crippen LogP contribution is 2.12. The molecule has 0 aliphatic heterocycles. The van der Waals surface area contributed by atoms with E-state index in [-0.39, 0.29) is 5.79 Å². The van der Waals surface area contributed by atoms with E-state index >= 15 is 0 Å². The molecule has 0 saturated carbocycles. The van der Waals surface area contributed by atoms with Crippen molar-refractivity contribution in [1.82, 2.24) is 0 Å². The van der Waals surface area contributed by atoms with Crippen LogP contribution in [-0.4, -0.2) is 36.4 Å². The standard InChI is InChI=1S/C6H14O2.CH2O3/c1-5-6(2,7-3)8-4;2-1(3)4/h5H2,1-4H3;(H2,2,3,4). The van der Waals surface area contributed by atoms with Gasteiger partial charge < -0.3 is 19.7 Å². The molecular formula is C7H16O5. The summed E-state index contributed by atoms with van der Waals surface area (Å²) >= 11 is 0. The van der Waals surface area contributed by atoms with Gasteiger partial charge in [-0.3, -0.25) is 0 Å². The zero-order chi connectivity index (χ0) is 10.2. The molecule has 0 aliphatic carbocycles. The molecular weight excluding hydrogens is 164 g/mol. The van der Waals surface area contributed by atoms with E-state index in [0.29, 0.717) is 0 Å². The van der Waals surface area contributed by atoms with Crippen molar-refractivity contribution in [2.24, 2.45) is 0 Å². The molecule has 2 N–H and O–H groups in total. The molecule has 0 aromatic carbocycles. The smallest absolute Gasteiger partial charge is 0.450 e. The number of ether oxygens (including phenoxy) is 2. The highest BCUT2D eigenvalue weighted by atomic mass is 16.7. The van der Waals surface area contributed by atoms with Gasteiger partial charge in [0.25, 0.3) is 0 Å². The van der Waals surface area contributed by atoms with Crippen molar-refractivity contribution >= 4 is 6.16 Å². The third-order valence-electron chi connectivity index (χ3n) is 1.51. The fourth-order valence-corrected chi connectivity index (χ4v) is 0.372. The summed E-state index contributed by atoms with van der Waals surface area (Å²) in [6.45, 7) is 3.93. The summed E-state index contributed by atoms with van der Waals surface area (Å²) in [4.78, 5) is 8.56. The van der Waals surface area contributed by atoms with Crippen molar-refractivity contribution in [2.45, 2.75) is 26.1 Å². The topological polar surface area (TPSA) is 76.0 Å². The zero-order valence-corrected chi connectivity index (χ0v) is 7.83. The summed E-state index contributed by atoms with van der Waals surface area (Å²) in [5.74, 6) is -0.375. The summed E-state index contributed by atoms with van der Waals surface area (Å²) in [6.07, 6.45) is -0.958. The quantitative estimate of drug-likeness (QED) is 0.645. The lowest BCUT2D eigenvalue weighted by atomic mass is 10.2. The van der Waals surface area contributed by atoms with Gasteiger partial charge in [-0.2, -0.15) is 0 Å². The normalized spacial score (nSPS) is 10.0. The van der Waals surface area contributed by atoms with Crippen LogP contribution in [0.5, 0.6) is 0 Å². The Balaban J connectivity index is 0. The second kappa shape index (κ2) is 6.87. The third kappa shape index (κ3) is 9.19. The van der Waals surface area contributed by atoms with Crippen LogP contribution in [0.15, 0.2) is 0 Å². The van der Waals surface area contributed by atoms with Crippen LogP contribution < -0.4 is 0 Å². The van der Waals surface area contributed by atoms with Crippen molar-refractivity contribution in [1.29, 1.82) is 0 Å². The second-order valence-electron chi connectivity index (χ2n) is 2.18. The fraction of sp³-hybridized carbons (Fsp3) is 0.857. The molecule has 0 radical (unpaired) electrons. The van der Waals surface area contributed by atoms with E-state index in [2.05, 4.69) is 0 Å². The first-order valence-corrected chi connectivity index (χ1v) is 3.44. The average molecular weight is 180 g/mol. The van der Waals surface area contributed by atoms with Crippen LogP contribution in [0.1, 0.15) is 20.3 Å². The second-order valence-corrected chi connectivity index (χ2v) is 2.18. The van der Waals surface area contributed by atoms with E-state index in [1.54, 1.807) is 14.2 Å². The van der Waals surface area contributed by atoms with Crippen LogP contribution in [0.25, 0.3) is 0 Å². The number of hydrogen-bond acceptors (Lipinski definition) is 3. The Morgan fingerprint density at radius 3 is 1.58 bits per heavy atom. The van der Waals surface area contributed by atoms with Crippen molar-refractivity contribution in [3.8, 4) is 0 Å². The van der Waals surface area contributed by atoms with Gasteiger partial charge in [-0.1, -0.05) is 6.92 Å². The van der Waals surface area contributed by atoms with Gasteiger partial charge >= 0.3 is 6.16 Å². The first kappa shape index (κ1) is 13.8. The lowest BCUT2D eigenvalue weighted by Crippen LogP contribution is -2.27. The highest BCUT2D eigenvalue weighted by molar-refractivity contribution is 5.53.